The molecule has 0 bridgehead atoms. The van der Waals surface area contributed by atoms with Crippen molar-refractivity contribution >= 4 is 0 Å². The average molecular weight is 440 g/mol. The van der Waals surface area contributed by atoms with E-state index in [0.29, 0.717) is 0 Å². The fourth-order valence-electron chi connectivity index (χ4n) is 4.75. The molecule has 1 aromatic carbocycles. The summed E-state index contributed by atoms with van der Waals surface area (Å²) in [5.74, 6) is 1.53. The number of nitrogens with zero attached hydrogens (tertiary/aromatic N) is 2. The van der Waals surface area contributed by atoms with Crippen LogP contribution in [0.25, 0.3) is 0 Å². The monoisotopic (exact) mass is 439 g/mol. The highest BCUT2D eigenvalue weighted by molar-refractivity contribution is 5.15. The van der Waals surface area contributed by atoms with Crippen LogP contribution in [0.2, 0.25) is 0 Å². The van der Waals surface area contributed by atoms with Gasteiger partial charge >= 0.3 is 0 Å². The van der Waals surface area contributed by atoms with Gasteiger partial charge in [0.25, 0.3) is 5.82 Å². The SMILES string of the molecule is CCCCCCCCCCC[n+]1ccn(Cc2ccccc2)c1CCCCCCCCC. The molecule has 180 valence electrons. The van der Waals surface area contributed by atoms with E-state index in [-0.39, 0.29) is 0 Å². The van der Waals surface area contributed by atoms with E-state index < -0.39 is 0 Å². The maximum Gasteiger partial charge on any atom is 0.256 e. The maximum absolute atomic E-state index is 2.56. The lowest BCUT2D eigenvalue weighted by Gasteiger charge is -2.07. The minimum absolute atomic E-state index is 0.997. The van der Waals surface area contributed by atoms with Gasteiger partial charge in [-0.05, 0) is 24.8 Å². The van der Waals surface area contributed by atoms with Crippen molar-refractivity contribution in [2.24, 2.45) is 0 Å². The van der Waals surface area contributed by atoms with Gasteiger partial charge in [0.1, 0.15) is 18.9 Å². The highest BCUT2D eigenvalue weighted by Gasteiger charge is 2.17. The van der Waals surface area contributed by atoms with Gasteiger partial charge in [-0.3, -0.25) is 0 Å². The third-order valence-electron chi connectivity index (χ3n) is 6.79. The summed E-state index contributed by atoms with van der Waals surface area (Å²) in [7, 11) is 0. The smallest absolute Gasteiger partial charge is 0.234 e. The first-order valence-corrected chi connectivity index (χ1v) is 14.0. The molecular formula is C30H51N2+. The summed E-state index contributed by atoms with van der Waals surface area (Å²) >= 11 is 0. The van der Waals surface area contributed by atoms with Gasteiger partial charge in [0.15, 0.2) is 0 Å². The van der Waals surface area contributed by atoms with Gasteiger partial charge in [-0.2, -0.15) is 0 Å². The molecule has 0 unspecified atom stereocenters. The van der Waals surface area contributed by atoms with Crippen molar-refractivity contribution in [3.63, 3.8) is 0 Å². The Balaban J connectivity index is 1.78. The molecule has 2 nitrogen and oxygen atoms in total. The van der Waals surface area contributed by atoms with E-state index >= 15 is 0 Å². The molecule has 0 spiro atoms. The normalized spacial score (nSPS) is 11.3. The molecule has 32 heavy (non-hydrogen) atoms. The maximum atomic E-state index is 2.56. The van der Waals surface area contributed by atoms with E-state index in [9.17, 15) is 0 Å². The first-order valence-electron chi connectivity index (χ1n) is 14.0. The third kappa shape index (κ3) is 11.3. The number of benzene rings is 1. The van der Waals surface area contributed by atoms with Crippen molar-refractivity contribution in [3.05, 3.63) is 54.1 Å². The molecule has 0 fully saturated rings. The van der Waals surface area contributed by atoms with Gasteiger partial charge in [0.05, 0.1) is 6.54 Å². The Bertz CT molecular complexity index is 673. The Morgan fingerprint density at radius 1 is 0.625 bits per heavy atom. The Morgan fingerprint density at radius 2 is 1.16 bits per heavy atom. The van der Waals surface area contributed by atoms with E-state index in [2.05, 4.69) is 65.7 Å². The second-order valence-electron chi connectivity index (χ2n) is 9.72. The van der Waals surface area contributed by atoms with Crippen molar-refractivity contribution in [1.29, 1.82) is 0 Å². The van der Waals surface area contributed by atoms with Crippen LogP contribution in [-0.4, -0.2) is 4.57 Å². The summed E-state index contributed by atoms with van der Waals surface area (Å²) < 4.78 is 5.06. The standard InChI is InChI=1S/C30H51N2/c1-3-5-7-9-11-12-14-16-21-25-31-26-27-32(28-29-22-18-17-19-23-29)30(31)24-20-15-13-10-8-6-4-2/h17-19,22-23,26-27H,3-16,20-21,24-25,28H2,1-2H3/q+1. The lowest BCUT2D eigenvalue weighted by Crippen LogP contribution is -2.37. The second kappa shape index (κ2) is 17.9. The Hall–Kier alpha value is -1.57. The minimum Gasteiger partial charge on any atom is -0.234 e. The highest BCUT2D eigenvalue weighted by atomic mass is 15.1. The van der Waals surface area contributed by atoms with Crippen molar-refractivity contribution in [2.75, 3.05) is 0 Å². The zero-order valence-electron chi connectivity index (χ0n) is 21.4. The molecule has 1 aromatic heterocycles. The van der Waals surface area contributed by atoms with Gasteiger partial charge in [0, 0.05) is 6.42 Å². The summed E-state index contributed by atoms with van der Waals surface area (Å²) in [6.07, 6.45) is 28.1. The topological polar surface area (TPSA) is 8.81 Å². The van der Waals surface area contributed by atoms with Crippen LogP contribution in [0.1, 0.15) is 128 Å². The fourth-order valence-corrected chi connectivity index (χ4v) is 4.75. The number of hydrogen-bond acceptors (Lipinski definition) is 0. The summed E-state index contributed by atoms with van der Waals surface area (Å²) in [5.41, 5.74) is 1.40. The molecule has 2 heteroatoms. The summed E-state index contributed by atoms with van der Waals surface area (Å²) in [6.45, 7) is 6.78. The van der Waals surface area contributed by atoms with E-state index in [1.807, 2.05) is 0 Å². The number of imidazole rings is 1. The predicted octanol–water partition coefficient (Wildman–Crippen LogP) is 8.65. The molecule has 2 rings (SSSR count). The molecule has 1 heterocycles. The van der Waals surface area contributed by atoms with Gasteiger partial charge < -0.3 is 0 Å². The number of rotatable bonds is 20. The molecule has 0 N–H and O–H groups in total. The third-order valence-corrected chi connectivity index (χ3v) is 6.79. The van der Waals surface area contributed by atoms with E-state index in [1.165, 1.54) is 127 Å². The molecule has 2 aromatic rings. The largest absolute Gasteiger partial charge is 0.256 e. The fraction of sp³-hybridized carbons (Fsp3) is 0.700. The Labute approximate surface area is 199 Å². The van der Waals surface area contributed by atoms with Gasteiger partial charge in [-0.1, -0.05) is 128 Å². The van der Waals surface area contributed by atoms with Crippen molar-refractivity contribution in [3.8, 4) is 0 Å². The zero-order chi connectivity index (χ0) is 22.7. The second-order valence-corrected chi connectivity index (χ2v) is 9.72. The van der Waals surface area contributed by atoms with E-state index in [4.69, 9.17) is 0 Å². The lowest BCUT2D eigenvalue weighted by molar-refractivity contribution is -0.704. The van der Waals surface area contributed by atoms with Crippen LogP contribution < -0.4 is 4.57 Å². The van der Waals surface area contributed by atoms with Crippen LogP contribution in [0.5, 0.6) is 0 Å². The van der Waals surface area contributed by atoms with Gasteiger partial charge in [-0.25, -0.2) is 9.13 Å². The van der Waals surface area contributed by atoms with E-state index in [1.54, 1.807) is 0 Å². The summed E-state index contributed by atoms with van der Waals surface area (Å²) in [4.78, 5) is 0. The van der Waals surface area contributed by atoms with Crippen LogP contribution >= 0.6 is 0 Å². The highest BCUT2D eigenvalue weighted by Crippen LogP contribution is 2.13. The molecule has 0 saturated carbocycles. The number of unbranched alkanes of at least 4 members (excludes halogenated alkanes) is 14. The number of aryl methyl sites for hydroxylation is 1. The van der Waals surface area contributed by atoms with Gasteiger partial charge in [0.2, 0.25) is 0 Å². The number of hydrogen-bond donors (Lipinski definition) is 0. The van der Waals surface area contributed by atoms with Crippen LogP contribution in [0, 0.1) is 0 Å². The molecule has 0 aliphatic heterocycles. The summed E-state index contributed by atoms with van der Waals surface area (Å²) in [5, 5.41) is 0. The molecule has 0 atom stereocenters. The first-order chi connectivity index (χ1) is 15.8. The Kier molecular flexibility index (Phi) is 14.9. The van der Waals surface area contributed by atoms with E-state index in [0.717, 1.165) is 6.54 Å². The predicted molar refractivity (Wildman–Crippen MR) is 139 cm³/mol. The van der Waals surface area contributed by atoms with Crippen LogP contribution in [-0.2, 0) is 19.5 Å². The van der Waals surface area contributed by atoms with Gasteiger partial charge in [-0.15, -0.1) is 0 Å². The van der Waals surface area contributed by atoms with Crippen LogP contribution in [0.3, 0.4) is 0 Å². The molecule has 0 aliphatic rings. The number of aromatic nitrogens is 2. The molecule has 0 saturated heterocycles. The van der Waals surface area contributed by atoms with Crippen molar-refractivity contribution in [1.82, 2.24) is 4.57 Å². The molecule has 0 amide bonds. The molecule has 0 radical (unpaired) electrons. The average Bonchev–Trinajstić information content (AvgIpc) is 3.19. The first kappa shape index (κ1) is 26.7. The lowest BCUT2D eigenvalue weighted by atomic mass is 10.1. The van der Waals surface area contributed by atoms with Crippen LogP contribution in [0.15, 0.2) is 42.7 Å². The zero-order valence-corrected chi connectivity index (χ0v) is 21.4. The van der Waals surface area contributed by atoms with Crippen LogP contribution in [0.4, 0.5) is 0 Å². The molecular weight excluding hydrogens is 388 g/mol. The quantitative estimate of drug-likeness (QED) is 0.144. The Morgan fingerprint density at radius 3 is 1.75 bits per heavy atom. The molecule has 0 aliphatic carbocycles. The van der Waals surface area contributed by atoms with Crippen molar-refractivity contribution in [2.45, 2.75) is 136 Å². The minimum atomic E-state index is 0.997. The van der Waals surface area contributed by atoms with Crippen molar-refractivity contribution < 1.29 is 4.57 Å². The summed E-state index contributed by atoms with van der Waals surface area (Å²) in [6, 6.07) is 10.9.